The van der Waals surface area contributed by atoms with E-state index in [-0.39, 0.29) is 0 Å². The molecule has 4 heteroatoms. The number of nitrogens with zero attached hydrogens (tertiary/aromatic N) is 3. The highest BCUT2D eigenvalue weighted by Crippen LogP contribution is 2.05. The van der Waals surface area contributed by atoms with Gasteiger partial charge in [0.2, 0.25) is 0 Å². The number of hydrogen-bond acceptors (Lipinski definition) is 3. The molecule has 1 N–H and O–H groups in total. The fourth-order valence-corrected chi connectivity index (χ4v) is 1.40. The van der Waals surface area contributed by atoms with Crippen LogP contribution in [0.3, 0.4) is 0 Å². The zero-order valence-electron chi connectivity index (χ0n) is 11.2. The zero-order valence-corrected chi connectivity index (χ0v) is 11.2. The van der Waals surface area contributed by atoms with Crippen LogP contribution in [0.15, 0.2) is 47.4 Å². The Hall–Kier alpha value is -2.10. The van der Waals surface area contributed by atoms with E-state index in [9.17, 15) is 0 Å². The van der Waals surface area contributed by atoms with Crippen LogP contribution in [0.2, 0.25) is 0 Å². The Morgan fingerprint density at radius 2 is 2.39 bits per heavy atom. The lowest BCUT2D eigenvalue weighted by Gasteiger charge is -2.02. The van der Waals surface area contributed by atoms with Crippen molar-refractivity contribution in [2.45, 2.75) is 6.92 Å². The molecular formula is C14H20N4. The fourth-order valence-electron chi connectivity index (χ4n) is 1.40. The molecule has 0 aromatic carbocycles. The van der Waals surface area contributed by atoms with Crippen LogP contribution in [0.5, 0.6) is 0 Å². The van der Waals surface area contributed by atoms with Crippen molar-refractivity contribution >= 4 is 12.3 Å². The van der Waals surface area contributed by atoms with Crippen LogP contribution in [0.25, 0.3) is 6.08 Å². The van der Waals surface area contributed by atoms with Gasteiger partial charge >= 0.3 is 0 Å². The minimum Gasteiger partial charge on any atom is -0.384 e. The Balaban J connectivity index is 2.50. The summed E-state index contributed by atoms with van der Waals surface area (Å²) >= 11 is 0. The van der Waals surface area contributed by atoms with Gasteiger partial charge in [-0.1, -0.05) is 18.7 Å². The van der Waals surface area contributed by atoms with E-state index < -0.39 is 0 Å². The van der Waals surface area contributed by atoms with Gasteiger partial charge in [-0.2, -0.15) is 5.10 Å². The molecule has 0 amide bonds. The van der Waals surface area contributed by atoms with Crippen molar-refractivity contribution in [1.29, 1.82) is 0 Å². The molecule has 0 saturated carbocycles. The van der Waals surface area contributed by atoms with E-state index in [0.717, 1.165) is 23.4 Å². The van der Waals surface area contributed by atoms with Gasteiger partial charge in [-0.3, -0.25) is 9.67 Å². The van der Waals surface area contributed by atoms with Gasteiger partial charge < -0.3 is 5.32 Å². The molecule has 18 heavy (non-hydrogen) atoms. The van der Waals surface area contributed by atoms with Crippen molar-refractivity contribution in [3.8, 4) is 0 Å². The molecular weight excluding hydrogens is 224 g/mol. The third-order valence-corrected chi connectivity index (χ3v) is 2.27. The zero-order chi connectivity index (χ0) is 13.4. The Morgan fingerprint density at radius 3 is 3.00 bits per heavy atom. The Bertz CT molecular complexity index is 478. The third-order valence-electron chi connectivity index (χ3n) is 2.27. The molecule has 96 valence electrons. The van der Waals surface area contributed by atoms with Crippen LogP contribution in [0, 0.1) is 0 Å². The molecule has 1 aromatic heterocycles. The maximum absolute atomic E-state index is 4.10. The molecule has 0 atom stereocenters. The van der Waals surface area contributed by atoms with Crippen molar-refractivity contribution in [3.05, 3.63) is 48.0 Å². The van der Waals surface area contributed by atoms with Crippen molar-refractivity contribution in [2.24, 2.45) is 12.0 Å². The van der Waals surface area contributed by atoms with Crippen molar-refractivity contribution in [1.82, 2.24) is 15.1 Å². The van der Waals surface area contributed by atoms with Gasteiger partial charge in [0.15, 0.2) is 0 Å². The molecule has 0 aliphatic carbocycles. The number of rotatable bonds is 6. The summed E-state index contributed by atoms with van der Waals surface area (Å²) < 4.78 is 1.77. The average molecular weight is 244 g/mol. The van der Waals surface area contributed by atoms with Gasteiger partial charge in [-0.05, 0) is 18.6 Å². The normalized spacial score (nSPS) is 12.5. The SMILES string of the molecule is C=C(/C=C(/C)NCC=NC)/C=C/c1cnn(C)c1. The first kappa shape index (κ1) is 14.0. The highest BCUT2D eigenvalue weighted by molar-refractivity contribution is 5.59. The lowest BCUT2D eigenvalue weighted by Crippen LogP contribution is -2.13. The second-order valence-corrected chi connectivity index (χ2v) is 4.00. The maximum atomic E-state index is 4.10. The van der Waals surface area contributed by atoms with Gasteiger partial charge in [-0.25, -0.2) is 0 Å². The number of aliphatic imine (C=N–C) groups is 1. The molecule has 0 unspecified atom stereocenters. The molecule has 0 aliphatic rings. The number of aryl methyl sites for hydroxylation is 1. The van der Waals surface area contributed by atoms with E-state index in [2.05, 4.69) is 22.0 Å². The summed E-state index contributed by atoms with van der Waals surface area (Å²) in [6.07, 6.45) is 11.6. The molecule has 0 radical (unpaired) electrons. The first-order chi connectivity index (χ1) is 8.61. The average Bonchev–Trinajstić information content (AvgIpc) is 2.73. The molecule has 0 bridgehead atoms. The van der Waals surface area contributed by atoms with E-state index in [4.69, 9.17) is 0 Å². The minimum absolute atomic E-state index is 0.735. The third kappa shape index (κ3) is 5.30. The quantitative estimate of drug-likeness (QED) is 0.615. The number of aromatic nitrogens is 2. The summed E-state index contributed by atoms with van der Waals surface area (Å²) in [7, 11) is 3.66. The second kappa shape index (κ2) is 7.27. The summed E-state index contributed by atoms with van der Waals surface area (Å²) in [6.45, 7) is 6.72. The molecule has 0 fully saturated rings. The van der Waals surface area contributed by atoms with Gasteiger partial charge in [0.1, 0.15) is 0 Å². The Labute approximate surface area is 108 Å². The van der Waals surface area contributed by atoms with Crippen LogP contribution in [-0.4, -0.2) is 29.6 Å². The van der Waals surface area contributed by atoms with Crippen molar-refractivity contribution in [2.75, 3.05) is 13.6 Å². The first-order valence-electron chi connectivity index (χ1n) is 5.80. The van der Waals surface area contributed by atoms with Gasteiger partial charge in [0.05, 0.1) is 6.20 Å². The smallest absolute Gasteiger partial charge is 0.0562 e. The summed E-state index contributed by atoms with van der Waals surface area (Å²) in [5, 5.41) is 7.32. The number of allylic oxidation sites excluding steroid dienone is 4. The van der Waals surface area contributed by atoms with Gasteiger partial charge in [0, 0.05) is 44.3 Å². The number of nitrogens with one attached hydrogen (secondary N) is 1. The molecule has 0 saturated heterocycles. The molecule has 1 aromatic rings. The van der Waals surface area contributed by atoms with Crippen LogP contribution >= 0.6 is 0 Å². The summed E-state index contributed by atoms with van der Waals surface area (Å²) in [5.41, 5.74) is 3.07. The Morgan fingerprint density at radius 1 is 1.61 bits per heavy atom. The lowest BCUT2D eigenvalue weighted by molar-refractivity contribution is 0.767. The van der Waals surface area contributed by atoms with Crippen LogP contribution in [0.1, 0.15) is 12.5 Å². The first-order valence-corrected chi connectivity index (χ1v) is 5.80. The molecule has 4 nitrogen and oxygen atoms in total. The van der Waals surface area contributed by atoms with Crippen LogP contribution in [-0.2, 0) is 7.05 Å². The maximum Gasteiger partial charge on any atom is 0.0562 e. The van der Waals surface area contributed by atoms with Gasteiger partial charge in [-0.15, -0.1) is 0 Å². The van der Waals surface area contributed by atoms with Gasteiger partial charge in [0.25, 0.3) is 0 Å². The monoisotopic (exact) mass is 244 g/mol. The summed E-state index contributed by atoms with van der Waals surface area (Å²) in [4.78, 5) is 3.90. The molecule has 0 spiro atoms. The molecule has 1 rings (SSSR count). The predicted molar refractivity (Wildman–Crippen MR) is 77.6 cm³/mol. The predicted octanol–water partition coefficient (Wildman–Crippen LogP) is 2.18. The van der Waals surface area contributed by atoms with E-state index >= 15 is 0 Å². The molecule has 1 heterocycles. The largest absolute Gasteiger partial charge is 0.384 e. The molecule has 0 aliphatic heterocycles. The lowest BCUT2D eigenvalue weighted by atomic mass is 10.2. The standard InChI is InChI=1S/C14H20N4/c1-12(9-13(2)16-8-7-15-3)5-6-14-10-17-18(4)11-14/h5-7,9-11,16H,1,8H2,2-4H3/b6-5+,13-9-,15-7?. The van der Waals surface area contributed by atoms with Crippen LogP contribution < -0.4 is 5.32 Å². The van der Waals surface area contributed by atoms with E-state index in [1.807, 2.05) is 50.8 Å². The highest BCUT2D eigenvalue weighted by Gasteiger charge is 1.91. The van der Waals surface area contributed by atoms with Crippen molar-refractivity contribution in [3.63, 3.8) is 0 Å². The number of hydrogen-bond donors (Lipinski definition) is 1. The van der Waals surface area contributed by atoms with E-state index in [1.54, 1.807) is 11.7 Å². The summed E-state index contributed by atoms with van der Waals surface area (Å²) in [5.74, 6) is 0. The Kier molecular flexibility index (Phi) is 5.64. The second-order valence-electron chi connectivity index (χ2n) is 4.00. The van der Waals surface area contributed by atoms with E-state index in [1.165, 1.54) is 0 Å². The van der Waals surface area contributed by atoms with E-state index in [0.29, 0.717) is 0 Å². The van der Waals surface area contributed by atoms with Crippen LogP contribution in [0.4, 0.5) is 0 Å². The minimum atomic E-state index is 0.735. The summed E-state index contributed by atoms with van der Waals surface area (Å²) in [6, 6.07) is 0. The topological polar surface area (TPSA) is 42.2 Å². The van der Waals surface area contributed by atoms with Crippen molar-refractivity contribution < 1.29 is 0 Å². The fraction of sp³-hybridized carbons (Fsp3) is 0.286. The highest BCUT2D eigenvalue weighted by atomic mass is 15.2.